The maximum atomic E-state index is 11.7. The summed E-state index contributed by atoms with van der Waals surface area (Å²) in [6.07, 6.45) is 0.336. The van der Waals surface area contributed by atoms with Crippen LogP contribution in [0, 0.1) is 0 Å². The van der Waals surface area contributed by atoms with Crippen LogP contribution < -0.4 is 16.0 Å². The Labute approximate surface area is 118 Å². The fourth-order valence-corrected chi connectivity index (χ4v) is 2.07. The van der Waals surface area contributed by atoms with Crippen LogP contribution in [0.5, 0.6) is 0 Å². The number of hydrogen-bond donors (Lipinski definition) is 3. The van der Waals surface area contributed by atoms with Crippen LogP contribution in [0.25, 0.3) is 0 Å². The Kier molecular flexibility index (Phi) is 5.52. The molecule has 1 aromatic carbocycles. The number of nitrogens with zero attached hydrogens (tertiary/aromatic N) is 1. The van der Waals surface area contributed by atoms with Crippen molar-refractivity contribution in [3.05, 3.63) is 30.3 Å². The van der Waals surface area contributed by atoms with Crippen molar-refractivity contribution in [1.82, 2.24) is 15.5 Å². The van der Waals surface area contributed by atoms with E-state index in [2.05, 4.69) is 20.9 Å². The third kappa shape index (κ3) is 4.99. The molecule has 1 saturated heterocycles. The molecule has 108 valence electrons. The third-order valence-corrected chi connectivity index (χ3v) is 3.15. The zero-order valence-electron chi connectivity index (χ0n) is 11.4. The highest BCUT2D eigenvalue weighted by Crippen LogP contribution is 2.04. The van der Waals surface area contributed by atoms with Crippen LogP contribution in [-0.2, 0) is 4.79 Å². The van der Waals surface area contributed by atoms with Gasteiger partial charge >= 0.3 is 6.03 Å². The van der Waals surface area contributed by atoms with Gasteiger partial charge in [0.2, 0.25) is 5.91 Å². The highest BCUT2D eigenvalue weighted by atomic mass is 16.2. The van der Waals surface area contributed by atoms with E-state index in [1.54, 1.807) is 12.1 Å². The van der Waals surface area contributed by atoms with E-state index >= 15 is 0 Å². The first-order chi connectivity index (χ1) is 9.74. The molecule has 1 aliphatic heterocycles. The molecule has 0 bridgehead atoms. The lowest BCUT2D eigenvalue weighted by Gasteiger charge is -2.26. The van der Waals surface area contributed by atoms with Gasteiger partial charge in [-0.3, -0.25) is 10.1 Å². The topological polar surface area (TPSA) is 73.5 Å². The van der Waals surface area contributed by atoms with Crippen LogP contribution in [0.15, 0.2) is 30.3 Å². The molecule has 2 rings (SSSR count). The van der Waals surface area contributed by atoms with E-state index in [-0.39, 0.29) is 5.91 Å². The van der Waals surface area contributed by atoms with E-state index in [1.165, 1.54) is 0 Å². The summed E-state index contributed by atoms with van der Waals surface area (Å²) in [5.41, 5.74) is 0.667. The second kappa shape index (κ2) is 7.62. The van der Waals surface area contributed by atoms with Gasteiger partial charge in [0.1, 0.15) is 0 Å². The van der Waals surface area contributed by atoms with Crippen molar-refractivity contribution in [2.45, 2.75) is 6.42 Å². The molecular formula is C14H20N4O2. The van der Waals surface area contributed by atoms with Crippen LogP contribution in [0.2, 0.25) is 0 Å². The van der Waals surface area contributed by atoms with Crippen molar-refractivity contribution in [1.29, 1.82) is 0 Å². The van der Waals surface area contributed by atoms with Gasteiger partial charge in [0.05, 0.1) is 0 Å². The van der Waals surface area contributed by atoms with Crippen LogP contribution in [0.3, 0.4) is 0 Å². The van der Waals surface area contributed by atoms with Gasteiger partial charge in [-0.2, -0.15) is 0 Å². The van der Waals surface area contributed by atoms with E-state index in [0.29, 0.717) is 18.7 Å². The molecule has 0 atom stereocenters. The average molecular weight is 276 g/mol. The molecule has 1 fully saturated rings. The van der Waals surface area contributed by atoms with Crippen molar-refractivity contribution in [3.63, 3.8) is 0 Å². The Hall–Kier alpha value is -1.92. The number of rotatable bonds is 4. The lowest BCUT2D eigenvalue weighted by molar-refractivity contribution is -0.120. The molecule has 0 aromatic heterocycles. The van der Waals surface area contributed by atoms with Crippen molar-refractivity contribution in [2.24, 2.45) is 0 Å². The molecule has 6 heteroatoms. The molecule has 1 heterocycles. The number of hydrogen-bond acceptors (Lipinski definition) is 4. The second-order valence-electron chi connectivity index (χ2n) is 4.71. The molecule has 6 nitrogen and oxygen atoms in total. The molecule has 0 spiro atoms. The Bertz CT molecular complexity index is 444. The summed E-state index contributed by atoms with van der Waals surface area (Å²) in [4.78, 5) is 25.5. The van der Waals surface area contributed by atoms with Crippen molar-refractivity contribution in [3.8, 4) is 0 Å². The number of carbonyl (C=O) groups excluding carboxylic acids is 2. The Morgan fingerprint density at radius 1 is 1.15 bits per heavy atom. The van der Waals surface area contributed by atoms with Gasteiger partial charge in [-0.05, 0) is 12.1 Å². The summed E-state index contributed by atoms with van der Waals surface area (Å²) in [5, 5.41) is 8.21. The average Bonchev–Trinajstić information content (AvgIpc) is 2.47. The van der Waals surface area contributed by atoms with Gasteiger partial charge in [0.15, 0.2) is 0 Å². The monoisotopic (exact) mass is 276 g/mol. The van der Waals surface area contributed by atoms with Crippen LogP contribution in [0.4, 0.5) is 10.5 Å². The first-order valence-corrected chi connectivity index (χ1v) is 6.83. The summed E-state index contributed by atoms with van der Waals surface area (Å²) in [7, 11) is 0. The quantitative estimate of drug-likeness (QED) is 0.754. The number of anilines is 1. The minimum absolute atomic E-state index is 0.253. The minimum Gasteiger partial charge on any atom is -0.314 e. The number of carbonyl (C=O) groups is 2. The molecule has 1 aliphatic rings. The molecule has 20 heavy (non-hydrogen) atoms. The summed E-state index contributed by atoms with van der Waals surface area (Å²) in [5.74, 6) is -0.253. The van der Waals surface area contributed by atoms with E-state index in [9.17, 15) is 9.59 Å². The molecule has 1 aromatic rings. The SMILES string of the molecule is O=C(CCN1CCNCC1)NC(=O)Nc1ccccc1. The lowest BCUT2D eigenvalue weighted by atomic mass is 10.3. The summed E-state index contributed by atoms with van der Waals surface area (Å²) < 4.78 is 0. The first kappa shape index (κ1) is 14.5. The Morgan fingerprint density at radius 3 is 2.55 bits per heavy atom. The van der Waals surface area contributed by atoms with E-state index in [0.717, 1.165) is 26.2 Å². The number of amides is 3. The van der Waals surface area contributed by atoms with Gasteiger partial charge in [-0.15, -0.1) is 0 Å². The van der Waals surface area contributed by atoms with E-state index < -0.39 is 6.03 Å². The lowest BCUT2D eigenvalue weighted by Crippen LogP contribution is -2.45. The third-order valence-electron chi connectivity index (χ3n) is 3.15. The molecule has 3 amide bonds. The first-order valence-electron chi connectivity index (χ1n) is 6.83. The van der Waals surface area contributed by atoms with E-state index in [4.69, 9.17) is 0 Å². The highest BCUT2D eigenvalue weighted by Gasteiger charge is 2.12. The predicted octanol–water partition coefficient (Wildman–Crippen LogP) is 0.630. The molecule has 0 radical (unpaired) electrons. The fourth-order valence-electron chi connectivity index (χ4n) is 2.07. The summed E-state index contributed by atoms with van der Waals surface area (Å²) in [6, 6.07) is 8.56. The summed E-state index contributed by atoms with van der Waals surface area (Å²) >= 11 is 0. The Balaban J connectivity index is 1.67. The largest absolute Gasteiger partial charge is 0.325 e. The molecular weight excluding hydrogens is 256 g/mol. The van der Waals surface area contributed by atoms with Gasteiger partial charge in [0, 0.05) is 44.8 Å². The van der Waals surface area contributed by atoms with Crippen molar-refractivity contribution in [2.75, 3.05) is 38.0 Å². The fraction of sp³-hybridized carbons (Fsp3) is 0.429. The molecule has 0 unspecified atom stereocenters. The summed E-state index contributed by atoms with van der Waals surface area (Å²) in [6.45, 7) is 4.49. The standard InChI is InChI=1S/C14H20N4O2/c19-13(6-9-18-10-7-15-8-11-18)17-14(20)16-12-4-2-1-3-5-12/h1-5,15H,6-11H2,(H2,16,17,19,20). The van der Waals surface area contributed by atoms with Gasteiger partial charge in [-0.25, -0.2) is 4.79 Å². The normalized spacial score (nSPS) is 15.6. The molecule has 0 aliphatic carbocycles. The van der Waals surface area contributed by atoms with Gasteiger partial charge in [0.25, 0.3) is 0 Å². The number of para-hydroxylation sites is 1. The number of benzene rings is 1. The van der Waals surface area contributed by atoms with E-state index in [1.807, 2.05) is 18.2 Å². The van der Waals surface area contributed by atoms with Crippen LogP contribution in [0.1, 0.15) is 6.42 Å². The van der Waals surface area contributed by atoms with Crippen molar-refractivity contribution >= 4 is 17.6 Å². The van der Waals surface area contributed by atoms with Gasteiger partial charge < -0.3 is 15.5 Å². The predicted molar refractivity (Wildman–Crippen MR) is 77.5 cm³/mol. The molecule has 0 saturated carbocycles. The van der Waals surface area contributed by atoms with Gasteiger partial charge in [-0.1, -0.05) is 18.2 Å². The molecule has 3 N–H and O–H groups in total. The number of urea groups is 1. The highest BCUT2D eigenvalue weighted by molar-refractivity contribution is 6.01. The zero-order valence-corrected chi connectivity index (χ0v) is 11.4. The minimum atomic E-state index is -0.485. The van der Waals surface area contributed by atoms with Crippen LogP contribution >= 0.6 is 0 Å². The number of nitrogens with one attached hydrogen (secondary N) is 3. The smallest absolute Gasteiger partial charge is 0.314 e. The number of imide groups is 1. The maximum absolute atomic E-state index is 11.7. The van der Waals surface area contributed by atoms with Crippen molar-refractivity contribution < 1.29 is 9.59 Å². The van der Waals surface area contributed by atoms with Crippen LogP contribution in [-0.4, -0.2) is 49.6 Å². The second-order valence-corrected chi connectivity index (χ2v) is 4.71. The maximum Gasteiger partial charge on any atom is 0.325 e. The zero-order chi connectivity index (χ0) is 14.2. The Morgan fingerprint density at radius 2 is 1.85 bits per heavy atom. The number of piperazine rings is 1.